The fourth-order valence-corrected chi connectivity index (χ4v) is 2.70. The Morgan fingerprint density at radius 1 is 1.06 bits per heavy atom. The van der Waals surface area contributed by atoms with E-state index in [1.54, 1.807) is 0 Å². The summed E-state index contributed by atoms with van der Waals surface area (Å²) < 4.78 is 0. The lowest BCUT2D eigenvalue weighted by molar-refractivity contribution is 0.111. The average Bonchev–Trinajstić information content (AvgIpc) is 2.32. The Kier molecular flexibility index (Phi) is 8.96. The minimum Gasteiger partial charge on any atom is -0.315 e. The Balaban J connectivity index is 4.62. The van der Waals surface area contributed by atoms with Crippen molar-refractivity contribution in [3.8, 4) is 0 Å². The fraction of sp³-hybridized carbons (Fsp3) is 1.00. The van der Waals surface area contributed by atoms with Crippen LogP contribution in [0.25, 0.3) is 0 Å². The summed E-state index contributed by atoms with van der Waals surface area (Å²) in [6.07, 6.45) is 5.03. The Morgan fingerprint density at radius 3 is 2.00 bits per heavy atom. The molecule has 1 N–H and O–H groups in total. The van der Waals surface area contributed by atoms with E-state index < -0.39 is 0 Å². The normalized spacial score (nSPS) is 17.4. The van der Waals surface area contributed by atoms with Gasteiger partial charge < -0.3 is 5.32 Å². The fourth-order valence-electron chi connectivity index (χ4n) is 2.70. The Morgan fingerprint density at radius 2 is 1.69 bits per heavy atom. The maximum atomic E-state index is 3.51. The first-order valence-electron chi connectivity index (χ1n) is 7.09. The molecule has 2 nitrogen and oxygen atoms in total. The molecule has 3 unspecified atom stereocenters. The molecule has 0 fully saturated rings. The van der Waals surface area contributed by atoms with Crippen molar-refractivity contribution in [1.82, 2.24) is 10.2 Å². The number of nitrogens with one attached hydrogen (secondary N) is 1. The van der Waals surface area contributed by atoms with Gasteiger partial charge in [-0.1, -0.05) is 34.1 Å². The number of nitrogens with zero attached hydrogens (tertiary/aromatic N) is 1. The van der Waals surface area contributed by atoms with E-state index in [-0.39, 0.29) is 0 Å². The van der Waals surface area contributed by atoms with E-state index in [9.17, 15) is 0 Å². The van der Waals surface area contributed by atoms with E-state index in [4.69, 9.17) is 0 Å². The molecule has 0 aromatic carbocycles. The molecule has 2 heteroatoms. The number of hydrogen-bond donors (Lipinski definition) is 1. The van der Waals surface area contributed by atoms with Crippen molar-refractivity contribution >= 4 is 0 Å². The van der Waals surface area contributed by atoms with Crippen molar-refractivity contribution in [2.75, 3.05) is 13.6 Å². The van der Waals surface area contributed by atoms with E-state index >= 15 is 0 Å². The first-order valence-corrected chi connectivity index (χ1v) is 7.09. The summed E-state index contributed by atoms with van der Waals surface area (Å²) in [5.74, 6) is 0. The third-order valence-electron chi connectivity index (χ3n) is 3.80. The summed E-state index contributed by atoms with van der Waals surface area (Å²) >= 11 is 0. The predicted octanol–water partition coefficient (Wildman–Crippen LogP) is 3.27. The lowest BCUT2D eigenvalue weighted by Crippen LogP contribution is -2.51. The lowest BCUT2D eigenvalue weighted by atomic mass is 9.97. The summed E-state index contributed by atoms with van der Waals surface area (Å²) in [5.41, 5.74) is 0. The molecule has 0 bridgehead atoms. The summed E-state index contributed by atoms with van der Waals surface area (Å²) in [6.45, 7) is 12.7. The Bertz CT molecular complexity index is 159. The quantitative estimate of drug-likeness (QED) is 0.651. The van der Waals surface area contributed by atoms with Crippen molar-refractivity contribution in [2.45, 2.75) is 78.4 Å². The highest BCUT2D eigenvalue weighted by molar-refractivity contribution is 4.84. The molecule has 0 aromatic rings. The monoisotopic (exact) mass is 228 g/mol. The van der Waals surface area contributed by atoms with Gasteiger partial charge in [-0.3, -0.25) is 4.90 Å². The molecule has 0 heterocycles. The SMILES string of the molecule is CCCC(NC)C(CC)N(CC)C(C)CC. The molecule has 0 aliphatic heterocycles. The van der Waals surface area contributed by atoms with Crippen molar-refractivity contribution in [1.29, 1.82) is 0 Å². The zero-order valence-electron chi connectivity index (χ0n) is 12.2. The first kappa shape index (κ1) is 15.9. The topological polar surface area (TPSA) is 15.3 Å². The highest BCUT2D eigenvalue weighted by atomic mass is 15.2. The second-order valence-electron chi connectivity index (χ2n) is 4.75. The van der Waals surface area contributed by atoms with E-state index in [1.807, 2.05) is 0 Å². The van der Waals surface area contributed by atoms with Gasteiger partial charge in [0.05, 0.1) is 0 Å². The van der Waals surface area contributed by atoms with Crippen LogP contribution in [0.2, 0.25) is 0 Å². The van der Waals surface area contributed by atoms with E-state index in [2.05, 4.69) is 51.9 Å². The van der Waals surface area contributed by atoms with Crippen LogP contribution in [-0.4, -0.2) is 36.6 Å². The van der Waals surface area contributed by atoms with Crippen LogP contribution in [0.4, 0.5) is 0 Å². The molecule has 0 spiro atoms. The standard InChI is InChI=1S/C14H32N2/c1-7-11-13(15-6)14(9-3)16(10-4)12(5)8-2/h12-15H,7-11H2,1-6H3. The van der Waals surface area contributed by atoms with E-state index in [0.717, 1.165) is 6.54 Å². The highest BCUT2D eigenvalue weighted by Crippen LogP contribution is 2.17. The molecule has 0 aliphatic carbocycles. The molecular formula is C14H32N2. The molecule has 0 radical (unpaired) electrons. The summed E-state index contributed by atoms with van der Waals surface area (Å²) in [5, 5.41) is 3.51. The predicted molar refractivity (Wildman–Crippen MR) is 74.0 cm³/mol. The van der Waals surface area contributed by atoms with Crippen LogP contribution in [0, 0.1) is 0 Å². The van der Waals surface area contributed by atoms with Crippen molar-refractivity contribution in [3.63, 3.8) is 0 Å². The zero-order chi connectivity index (χ0) is 12.6. The summed E-state index contributed by atoms with van der Waals surface area (Å²) in [6, 6.07) is 2.02. The van der Waals surface area contributed by atoms with Gasteiger partial charge in [-0.25, -0.2) is 0 Å². The molecule has 0 rings (SSSR count). The van der Waals surface area contributed by atoms with Crippen LogP contribution in [-0.2, 0) is 0 Å². The van der Waals surface area contributed by atoms with Gasteiger partial charge in [0.2, 0.25) is 0 Å². The molecule has 0 aliphatic rings. The minimum absolute atomic E-state index is 0.643. The zero-order valence-corrected chi connectivity index (χ0v) is 12.2. The van der Waals surface area contributed by atoms with Crippen LogP contribution >= 0.6 is 0 Å². The van der Waals surface area contributed by atoms with Gasteiger partial charge in [-0.2, -0.15) is 0 Å². The minimum atomic E-state index is 0.643. The van der Waals surface area contributed by atoms with E-state index in [1.165, 1.54) is 25.7 Å². The van der Waals surface area contributed by atoms with E-state index in [0.29, 0.717) is 18.1 Å². The maximum Gasteiger partial charge on any atom is 0.0249 e. The van der Waals surface area contributed by atoms with Crippen LogP contribution in [0.15, 0.2) is 0 Å². The highest BCUT2D eigenvalue weighted by Gasteiger charge is 2.25. The largest absolute Gasteiger partial charge is 0.315 e. The van der Waals surface area contributed by atoms with Crippen LogP contribution in [0.1, 0.15) is 60.3 Å². The smallest absolute Gasteiger partial charge is 0.0249 e. The average molecular weight is 228 g/mol. The first-order chi connectivity index (χ1) is 7.65. The molecule has 98 valence electrons. The van der Waals surface area contributed by atoms with Crippen molar-refractivity contribution < 1.29 is 0 Å². The molecule has 0 saturated heterocycles. The molecule has 3 atom stereocenters. The van der Waals surface area contributed by atoms with Crippen LogP contribution in [0.3, 0.4) is 0 Å². The van der Waals surface area contributed by atoms with Gasteiger partial charge in [0.25, 0.3) is 0 Å². The summed E-state index contributed by atoms with van der Waals surface area (Å²) in [7, 11) is 2.10. The van der Waals surface area contributed by atoms with Gasteiger partial charge in [-0.05, 0) is 39.8 Å². The molecule has 0 amide bonds. The maximum absolute atomic E-state index is 3.51. The molecule has 0 aromatic heterocycles. The Hall–Kier alpha value is -0.0800. The van der Waals surface area contributed by atoms with Gasteiger partial charge >= 0.3 is 0 Å². The second-order valence-corrected chi connectivity index (χ2v) is 4.75. The third-order valence-corrected chi connectivity index (χ3v) is 3.80. The summed E-state index contributed by atoms with van der Waals surface area (Å²) in [4.78, 5) is 2.66. The number of hydrogen-bond acceptors (Lipinski definition) is 2. The van der Waals surface area contributed by atoms with Crippen molar-refractivity contribution in [3.05, 3.63) is 0 Å². The molecular weight excluding hydrogens is 196 g/mol. The van der Waals surface area contributed by atoms with Gasteiger partial charge in [0.15, 0.2) is 0 Å². The third kappa shape index (κ3) is 4.42. The number of likely N-dealkylation sites (N-methyl/N-ethyl adjacent to an activating group) is 2. The van der Waals surface area contributed by atoms with Gasteiger partial charge in [0, 0.05) is 18.1 Å². The van der Waals surface area contributed by atoms with Crippen LogP contribution < -0.4 is 5.32 Å². The number of rotatable bonds is 9. The second kappa shape index (κ2) is 9.00. The lowest BCUT2D eigenvalue weighted by Gasteiger charge is -2.39. The molecule has 0 saturated carbocycles. The molecule has 16 heavy (non-hydrogen) atoms. The Labute approximate surface area is 103 Å². The van der Waals surface area contributed by atoms with Crippen molar-refractivity contribution in [2.24, 2.45) is 0 Å². The van der Waals surface area contributed by atoms with Gasteiger partial charge in [0.1, 0.15) is 0 Å². The van der Waals surface area contributed by atoms with Crippen LogP contribution in [0.5, 0.6) is 0 Å². The van der Waals surface area contributed by atoms with Gasteiger partial charge in [-0.15, -0.1) is 0 Å².